The maximum absolute atomic E-state index is 5.81. The molecule has 0 spiro atoms. The number of hydrogen-bond acceptors (Lipinski definition) is 3. The molecule has 5 heteroatoms. The molecule has 0 fully saturated rings. The van der Waals surface area contributed by atoms with E-state index in [9.17, 15) is 0 Å². The van der Waals surface area contributed by atoms with Crippen LogP contribution in [0.5, 0.6) is 17.2 Å². The van der Waals surface area contributed by atoms with Crippen LogP contribution in [0.25, 0.3) is 0 Å². The molecule has 24 heavy (non-hydrogen) atoms. The molecule has 2 rings (SSSR count). The van der Waals surface area contributed by atoms with E-state index in [1.807, 2.05) is 62.4 Å². The van der Waals surface area contributed by atoms with E-state index in [4.69, 9.17) is 21.7 Å². The minimum Gasteiger partial charge on any atom is -0.494 e. The summed E-state index contributed by atoms with van der Waals surface area (Å²) in [4.78, 5) is 0. The van der Waals surface area contributed by atoms with E-state index in [0.29, 0.717) is 18.3 Å². The SMILES string of the molecule is C=C(C)CNC(=S)Nc1ccc(Oc2ccc(OCC)cc2)cc1. The maximum Gasteiger partial charge on any atom is 0.171 e. The van der Waals surface area contributed by atoms with Crippen molar-refractivity contribution in [1.29, 1.82) is 0 Å². The van der Waals surface area contributed by atoms with Crippen LogP contribution in [0.1, 0.15) is 13.8 Å². The van der Waals surface area contributed by atoms with Gasteiger partial charge in [0, 0.05) is 12.2 Å². The highest BCUT2D eigenvalue weighted by Crippen LogP contribution is 2.25. The minimum atomic E-state index is 0.568. The summed E-state index contributed by atoms with van der Waals surface area (Å²) in [7, 11) is 0. The highest BCUT2D eigenvalue weighted by atomic mass is 32.1. The number of anilines is 1. The molecule has 2 aromatic rings. The van der Waals surface area contributed by atoms with Gasteiger partial charge in [-0.1, -0.05) is 12.2 Å². The van der Waals surface area contributed by atoms with Crippen molar-refractivity contribution in [3.05, 3.63) is 60.7 Å². The van der Waals surface area contributed by atoms with Crippen LogP contribution in [-0.4, -0.2) is 18.3 Å². The molecule has 126 valence electrons. The first-order valence-electron chi connectivity index (χ1n) is 7.77. The largest absolute Gasteiger partial charge is 0.494 e. The molecule has 0 bridgehead atoms. The van der Waals surface area contributed by atoms with Gasteiger partial charge >= 0.3 is 0 Å². The van der Waals surface area contributed by atoms with E-state index in [-0.39, 0.29) is 0 Å². The van der Waals surface area contributed by atoms with Crippen LogP contribution < -0.4 is 20.1 Å². The third-order valence-electron chi connectivity index (χ3n) is 3.03. The summed E-state index contributed by atoms with van der Waals surface area (Å²) in [6.07, 6.45) is 0. The number of nitrogens with one attached hydrogen (secondary N) is 2. The number of ether oxygens (including phenoxy) is 2. The Bertz CT molecular complexity index is 682. The van der Waals surface area contributed by atoms with Crippen LogP contribution >= 0.6 is 12.2 Å². The van der Waals surface area contributed by atoms with Crippen molar-refractivity contribution in [1.82, 2.24) is 5.32 Å². The van der Waals surface area contributed by atoms with Crippen molar-refractivity contribution < 1.29 is 9.47 Å². The van der Waals surface area contributed by atoms with Crippen molar-refractivity contribution in [2.75, 3.05) is 18.5 Å². The molecule has 0 atom stereocenters. The number of thiocarbonyl (C=S) groups is 1. The van der Waals surface area contributed by atoms with Crippen molar-refractivity contribution in [3.8, 4) is 17.2 Å². The van der Waals surface area contributed by atoms with Crippen molar-refractivity contribution in [3.63, 3.8) is 0 Å². The lowest BCUT2D eigenvalue weighted by Crippen LogP contribution is -2.29. The fourth-order valence-electron chi connectivity index (χ4n) is 1.92. The second kappa shape index (κ2) is 8.93. The first-order chi connectivity index (χ1) is 11.6. The van der Waals surface area contributed by atoms with Gasteiger partial charge in [-0.25, -0.2) is 0 Å². The third kappa shape index (κ3) is 5.93. The van der Waals surface area contributed by atoms with Crippen LogP contribution in [0.4, 0.5) is 5.69 Å². The van der Waals surface area contributed by atoms with Crippen molar-refractivity contribution >= 4 is 23.0 Å². The first-order valence-corrected chi connectivity index (χ1v) is 8.17. The van der Waals surface area contributed by atoms with Crippen LogP contribution in [0.15, 0.2) is 60.7 Å². The standard InChI is InChI=1S/C19H22N2O2S/c1-4-22-16-9-11-18(12-10-16)23-17-7-5-15(6-8-17)21-19(24)20-13-14(2)3/h5-12H,2,4,13H2,1,3H3,(H2,20,21,24). The van der Waals surface area contributed by atoms with Gasteiger partial charge in [-0.05, 0) is 74.6 Å². The van der Waals surface area contributed by atoms with Crippen LogP contribution in [0, 0.1) is 0 Å². The van der Waals surface area contributed by atoms with Gasteiger partial charge in [-0.3, -0.25) is 0 Å². The second-order valence-corrected chi connectivity index (χ2v) is 5.70. The highest BCUT2D eigenvalue weighted by molar-refractivity contribution is 7.80. The van der Waals surface area contributed by atoms with Gasteiger partial charge in [-0.2, -0.15) is 0 Å². The summed E-state index contributed by atoms with van der Waals surface area (Å²) in [6.45, 7) is 9.04. The lowest BCUT2D eigenvalue weighted by atomic mass is 10.3. The summed E-state index contributed by atoms with van der Waals surface area (Å²) >= 11 is 5.22. The van der Waals surface area contributed by atoms with Gasteiger partial charge in [0.2, 0.25) is 0 Å². The molecule has 2 aromatic carbocycles. The molecule has 4 nitrogen and oxygen atoms in total. The Morgan fingerprint density at radius 2 is 1.54 bits per heavy atom. The monoisotopic (exact) mass is 342 g/mol. The Labute approximate surface area is 148 Å². The molecule has 0 radical (unpaired) electrons. The Morgan fingerprint density at radius 3 is 2.08 bits per heavy atom. The zero-order chi connectivity index (χ0) is 17.4. The Kier molecular flexibility index (Phi) is 6.63. The molecule has 0 saturated carbocycles. The Balaban J connectivity index is 1.89. The van der Waals surface area contributed by atoms with E-state index in [1.54, 1.807) is 0 Å². The van der Waals surface area contributed by atoms with Gasteiger partial charge < -0.3 is 20.1 Å². The molecule has 0 aliphatic heterocycles. The number of rotatable bonds is 7. The Morgan fingerprint density at radius 1 is 1.00 bits per heavy atom. The predicted octanol–water partition coefficient (Wildman–Crippen LogP) is 4.74. The Hall–Kier alpha value is -2.53. The van der Waals surface area contributed by atoms with E-state index in [0.717, 1.165) is 28.5 Å². The van der Waals surface area contributed by atoms with E-state index < -0.39 is 0 Å². The molecule has 0 saturated heterocycles. The van der Waals surface area contributed by atoms with E-state index in [2.05, 4.69) is 17.2 Å². The van der Waals surface area contributed by atoms with Crippen LogP contribution in [0.2, 0.25) is 0 Å². The van der Waals surface area contributed by atoms with E-state index >= 15 is 0 Å². The van der Waals surface area contributed by atoms with Crippen LogP contribution in [0.3, 0.4) is 0 Å². The molecule has 2 N–H and O–H groups in total. The van der Waals surface area contributed by atoms with E-state index in [1.165, 1.54) is 0 Å². The maximum atomic E-state index is 5.81. The third-order valence-corrected chi connectivity index (χ3v) is 3.28. The normalized spacial score (nSPS) is 9.92. The summed E-state index contributed by atoms with van der Waals surface area (Å²) in [5.74, 6) is 2.35. The van der Waals surface area contributed by atoms with Gasteiger partial charge in [0.1, 0.15) is 17.2 Å². The van der Waals surface area contributed by atoms with Gasteiger partial charge in [0.05, 0.1) is 6.61 Å². The first kappa shape index (κ1) is 17.8. The van der Waals surface area contributed by atoms with Crippen molar-refractivity contribution in [2.45, 2.75) is 13.8 Å². The zero-order valence-corrected chi connectivity index (χ0v) is 14.8. The molecule has 0 aliphatic carbocycles. The molecular weight excluding hydrogens is 320 g/mol. The molecule has 0 aliphatic rings. The van der Waals surface area contributed by atoms with Crippen LogP contribution in [-0.2, 0) is 0 Å². The average molecular weight is 342 g/mol. The summed E-state index contributed by atoms with van der Waals surface area (Å²) in [6, 6.07) is 15.2. The van der Waals surface area contributed by atoms with Crippen molar-refractivity contribution in [2.24, 2.45) is 0 Å². The summed E-state index contributed by atoms with van der Waals surface area (Å²) in [5, 5.41) is 6.76. The molecular formula is C19H22N2O2S. The average Bonchev–Trinajstić information content (AvgIpc) is 2.57. The number of hydrogen-bond donors (Lipinski definition) is 2. The lowest BCUT2D eigenvalue weighted by Gasteiger charge is -2.11. The highest BCUT2D eigenvalue weighted by Gasteiger charge is 2.01. The predicted molar refractivity (Wildman–Crippen MR) is 103 cm³/mol. The molecule has 0 amide bonds. The number of benzene rings is 2. The zero-order valence-electron chi connectivity index (χ0n) is 14.0. The van der Waals surface area contributed by atoms with Gasteiger partial charge in [0.15, 0.2) is 5.11 Å². The fraction of sp³-hybridized carbons (Fsp3) is 0.211. The second-order valence-electron chi connectivity index (χ2n) is 5.30. The molecule has 0 unspecified atom stereocenters. The topological polar surface area (TPSA) is 42.5 Å². The summed E-state index contributed by atoms with van der Waals surface area (Å²) in [5.41, 5.74) is 1.92. The van der Waals surface area contributed by atoms with Gasteiger partial charge in [-0.15, -0.1) is 0 Å². The smallest absolute Gasteiger partial charge is 0.171 e. The lowest BCUT2D eigenvalue weighted by molar-refractivity contribution is 0.339. The van der Waals surface area contributed by atoms with Gasteiger partial charge in [0.25, 0.3) is 0 Å². The summed E-state index contributed by atoms with van der Waals surface area (Å²) < 4.78 is 11.2. The molecule has 0 aromatic heterocycles. The fourth-order valence-corrected chi connectivity index (χ4v) is 2.11. The minimum absolute atomic E-state index is 0.568. The quantitative estimate of drug-likeness (QED) is 0.562. The molecule has 0 heterocycles.